The molecule has 0 atom stereocenters. The highest BCUT2D eigenvalue weighted by atomic mass is 32.2. The van der Waals surface area contributed by atoms with Crippen molar-refractivity contribution in [3.63, 3.8) is 0 Å². The zero-order valence-corrected chi connectivity index (χ0v) is 18.6. The van der Waals surface area contributed by atoms with Gasteiger partial charge in [0.05, 0.1) is 39.5 Å². The van der Waals surface area contributed by atoms with Gasteiger partial charge in [0.1, 0.15) is 6.33 Å². The van der Waals surface area contributed by atoms with Crippen LogP contribution in [0.3, 0.4) is 0 Å². The van der Waals surface area contributed by atoms with Gasteiger partial charge in [-0.1, -0.05) is 6.07 Å². The van der Waals surface area contributed by atoms with Gasteiger partial charge in [0.2, 0.25) is 10.0 Å². The summed E-state index contributed by atoms with van der Waals surface area (Å²) in [6.45, 7) is 0. The predicted molar refractivity (Wildman–Crippen MR) is 126 cm³/mol. The maximum Gasteiger partial charge on any atom is 0.235 e. The second kappa shape index (κ2) is 7.31. The molecule has 9 nitrogen and oxygen atoms in total. The number of hydrogen-bond acceptors (Lipinski definition) is 5. The first-order chi connectivity index (χ1) is 16.0. The number of rotatable bonds is 6. The molecule has 0 spiro atoms. The van der Waals surface area contributed by atoms with Gasteiger partial charge >= 0.3 is 0 Å². The number of hydrogen-bond donors (Lipinski definition) is 1. The second-order valence-electron chi connectivity index (χ2n) is 8.26. The number of sulfonamides is 1. The summed E-state index contributed by atoms with van der Waals surface area (Å²) < 4.78 is 33.3. The molecule has 166 valence electrons. The Morgan fingerprint density at radius 1 is 1.03 bits per heavy atom. The van der Waals surface area contributed by atoms with Crippen molar-refractivity contribution in [2.45, 2.75) is 18.1 Å². The molecule has 1 saturated carbocycles. The summed E-state index contributed by atoms with van der Waals surface area (Å²) in [6.07, 6.45) is 10.4. The minimum Gasteiger partial charge on any atom is -0.299 e. The number of nitrogens with zero attached hydrogens (tertiary/aromatic N) is 6. The maximum atomic E-state index is 12.6. The van der Waals surface area contributed by atoms with Crippen LogP contribution < -0.4 is 4.72 Å². The molecule has 0 saturated heterocycles. The van der Waals surface area contributed by atoms with Crippen LogP contribution in [0.5, 0.6) is 0 Å². The van der Waals surface area contributed by atoms with Crippen LogP contribution >= 0.6 is 0 Å². The van der Waals surface area contributed by atoms with Gasteiger partial charge in [-0.25, -0.2) is 18.1 Å². The molecule has 3 heterocycles. The van der Waals surface area contributed by atoms with Gasteiger partial charge in [0.15, 0.2) is 0 Å². The molecule has 33 heavy (non-hydrogen) atoms. The van der Waals surface area contributed by atoms with Gasteiger partial charge in [0, 0.05) is 31.2 Å². The lowest BCUT2D eigenvalue weighted by atomic mass is 10.1. The fourth-order valence-electron chi connectivity index (χ4n) is 3.94. The van der Waals surface area contributed by atoms with E-state index >= 15 is 0 Å². The lowest BCUT2D eigenvalue weighted by Gasteiger charge is -2.13. The number of fused-ring (bicyclic) bond motifs is 1. The van der Waals surface area contributed by atoms with E-state index in [1.165, 1.54) is 0 Å². The van der Waals surface area contributed by atoms with Gasteiger partial charge in [-0.05, 0) is 54.8 Å². The third kappa shape index (κ3) is 3.68. The molecule has 1 fully saturated rings. The molecule has 10 heteroatoms. The van der Waals surface area contributed by atoms with E-state index in [9.17, 15) is 8.42 Å². The molecule has 0 aliphatic heterocycles. The summed E-state index contributed by atoms with van der Waals surface area (Å²) >= 11 is 0. The van der Waals surface area contributed by atoms with Crippen LogP contribution in [0.1, 0.15) is 12.8 Å². The van der Waals surface area contributed by atoms with E-state index < -0.39 is 10.0 Å². The van der Waals surface area contributed by atoms with Gasteiger partial charge in [-0.15, -0.1) is 0 Å². The summed E-state index contributed by atoms with van der Waals surface area (Å²) in [5.41, 5.74) is 5.83. The van der Waals surface area contributed by atoms with E-state index in [-0.39, 0.29) is 5.25 Å². The molecule has 2 aromatic carbocycles. The van der Waals surface area contributed by atoms with Crippen LogP contribution in [0.4, 0.5) is 5.69 Å². The first-order valence-corrected chi connectivity index (χ1v) is 12.1. The van der Waals surface area contributed by atoms with Crippen molar-refractivity contribution in [1.82, 2.24) is 29.1 Å². The maximum absolute atomic E-state index is 12.6. The quantitative estimate of drug-likeness (QED) is 0.419. The first-order valence-electron chi connectivity index (χ1n) is 10.6. The van der Waals surface area contributed by atoms with Crippen LogP contribution in [0, 0.1) is 0 Å². The van der Waals surface area contributed by atoms with Crippen molar-refractivity contribution in [3.8, 4) is 22.5 Å². The average Bonchev–Trinajstić information content (AvgIpc) is 3.19. The van der Waals surface area contributed by atoms with E-state index in [0.29, 0.717) is 18.5 Å². The average molecular weight is 460 g/mol. The molecule has 1 N–H and O–H groups in total. The highest BCUT2D eigenvalue weighted by Crippen LogP contribution is 2.32. The number of benzene rings is 2. The molecule has 0 radical (unpaired) electrons. The standard InChI is InChI=1S/C23H21N7O2S/c1-28-14-17(13-26-28)16-3-6-23-22(9-16)24-15-29(23)19-10-18(27-33(31,32)21-4-5-21)11-20(12-19)30-8-2-7-25-30/h2-3,6-15,21,27H,4-5H2,1H3. The van der Waals surface area contributed by atoms with Gasteiger partial charge in [-0.3, -0.25) is 14.0 Å². The molecule has 3 aromatic heterocycles. The van der Waals surface area contributed by atoms with Crippen molar-refractivity contribution < 1.29 is 8.42 Å². The Bertz CT molecular complexity index is 1580. The molecule has 0 bridgehead atoms. The predicted octanol–water partition coefficient (Wildman–Crippen LogP) is 3.52. The van der Waals surface area contributed by atoms with E-state index in [2.05, 4.69) is 19.9 Å². The van der Waals surface area contributed by atoms with Gasteiger partial charge in [0.25, 0.3) is 0 Å². The number of aromatic nitrogens is 6. The van der Waals surface area contributed by atoms with Crippen LogP contribution in [-0.4, -0.2) is 42.8 Å². The van der Waals surface area contributed by atoms with Crippen molar-refractivity contribution >= 4 is 26.7 Å². The van der Waals surface area contributed by atoms with Crippen molar-refractivity contribution in [3.05, 3.63) is 73.6 Å². The molecule has 0 amide bonds. The zero-order valence-electron chi connectivity index (χ0n) is 17.8. The van der Waals surface area contributed by atoms with Gasteiger partial charge in [-0.2, -0.15) is 10.2 Å². The Labute approximate surface area is 190 Å². The molecule has 6 rings (SSSR count). The van der Waals surface area contributed by atoms with Crippen molar-refractivity contribution in [2.75, 3.05) is 4.72 Å². The Morgan fingerprint density at radius 3 is 2.61 bits per heavy atom. The van der Waals surface area contributed by atoms with E-state index in [1.807, 2.05) is 66.6 Å². The number of imidazole rings is 1. The monoisotopic (exact) mass is 459 g/mol. The second-order valence-corrected chi connectivity index (χ2v) is 10.2. The summed E-state index contributed by atoms with van der Waals surface area (Å²) in [7, 11) is -1.51. The minimum atomic E-state index is -3.40. The van der Waals surface area contributed by atoms with Gasteiger partial charge < -0.3 is 0 Å². The smallest absolute Gasteiger partial charge is 0.235 e. The molecule has 0 unspecified atom stereocenters. The largest absolute Gasteiger partial charge is 0.299 e. The highest BCUT2D eigenvalue weighted by molar-refractivity contribution is 7.93. The Morgan fingerprint density at radius 2 is 1.88 bits per heavy atom. The topological polar surface area (TPSA) is 99.6 Å². The molecule has 1 aliphatic rings. The summed E-state index contributed by atoms with van der Waals surface area (Å²) in [5, 5.41) is 8.24. The SMILES string of the molecule is Cn1cc(-c2ccc3c(c2)ncn3-c2cc(NS(=O)(=O)C3CC3)cc(-n3cccn3)c2)cn1. The third-order valence-electron chi connectivity index (χ3n) is 5.76. The molecule has 5 aromatic rings. The van der Waals surface area contributed by atoms with E-state index in [1.54, 1.807) is 28.0 Å². The van der Waals surface area contributed by atoms with Crippen LogP contribution in [0.15, 0.2) is 73.6 Å². The number of aryl methyl sites for hydroxylation is 1. The summed E-state index contributed by atoms with van der Waals surface area (Å²) in [6, 6.07) is 13.5. The number of anilines is 1. The number of nitrogens with one attached hydrogen (secondary N) is 1. The Balaban J connectivity index is 1.45. The van der Waals surface area contributed by atoms with E-state index in [4.69, 9.17) is 0 Å². The zero-order chi connectivity index (χ0) is 22.6. The third-order valence-corrected chi connectivity index (χ3v) is 7.63. The molecule has 1 aliphatic carbocycles. The van der Waals surface area contributed by atoms with Crippen LogP contribution in [0.25, 0.3) is 33.5 Å². The van der Waals surface area contributed by atoms with E-state index in [0.717, 1.165) is 33.5 Å². The van der Waals surface area contributed by atoms with Crippen LogP contribution in [-0.2, 0) is 17.1 Å². The lowest BCUT2D eigenvalue weighted by molar-refractivity contribution is 0.600. The normalized spacial score (nSPS) is 14.1. The highest BCUT2D eigenvalue weighted by Gasteiger charge is 2.35. The minimum absolute atomic E-state index is 0.311. The van der Waals surface area contributed by atoms with Crippen molar-refractivity contribution in [1.29, 1.82) is 0 Å². The summed E-state index contributed by atoms with van der Waals surface area (Å²) in [4.78, 5) is 4.60. The van der Waals surface area contributed by atoms with Crippen molar-refractivity contribution in [2.24, 2.45) is 7.05 Å². The first kappa shape index (κ1) is 19.7. The fourth-order valence-corrected chi connectivity index (χ4v) is 5.31. The lowest BCUT2D eigenvalue weighted by Crippen LogP contribution is -2.17. The Hall–Kier alpha value is -3.92. The summed E-state index contributed by atoms with van der Waals surface area (Å²) in [5.74, 6) is 0. The molecular formula is C23H21N7O2S. The molecular weight excluding hydrogens is 438 g/mol. The van der Waals surface area contributed by atoms with Crippen LogP contribution in [0.2, 0.25) is 0 Å². The Kier molecular flexibility index (Phi) is 4.37. The fraction of sp³-hybridized carbons (Fsp3) is 0.174.